The maximum atomic E-state index is 11.6. The predicted octanol–water partition coefficient (Wildman–Crippen LogP) is 2.72. The van der Waals surface area contributed by atoms with Gasteiger partial charge < -0.3 is 14.7 Å². The predicted molar refractivity (Wildman–Crippen MR) is 77.4 cm³/mol. The molecule has 1 aliphatic rings. The summed E-state index contributed by atoms with van der Waals surface area (Å²) < 4.78 is 5.38. The van der Waals surface area contributed by atoms with Crippen LogP contribution in [-0.4, -0.2) is 43.1 Å². The van der Waals surface area contributed by atoms with Crippen LogP contribution in [0.1, 0.15) is 23.7 Å². The highest BCUT2D eigenvalue weighted by Crippen LogP contribution is 2.32. The summed E-state index contributed by atoms with van der Waals surface area (Å²) in [5.41, 5.74) is 1.19. The number of aromatic carboxylic acids is 1. The third-order valence-corrected chi connectivity index (χ3v) is 4.29. The molecule has 1 saturated heterocycles. The van der Waals surface area contributed by atoms with Crippen molar-refractivity contribution >= 4 is 23.4 Å². The highest BCUT2D eigenvalue weighted by atomic mass is 32.2. The molecule has 1 heterocycles. The summed E-state index contributed by atoms with van der Waals surface area (Å²) in [4.78, 5) is 14.4. The monoisotopic (exact) mass is 281 g/mol. The number of carboxylic acid groups (broad SMARTS) is 1. The minimum absolute atomic E-state index is 0.264. The smallest absolute Gasteiger partial charge is 0.338 e. The first kappa shape index (κ1) is 14.2. The van der Waals surface area contributed by atoms with Crippen LogP contribution in [0.3, 0.4) is 0 Å². The van der Waals surface area contributed by atoms with E-state index in [9.17, 15) is 9.90 Å². The zero-order chi connectivity index (χ0) is 13.8. The zero-order valence-electron chi connectivity index (χ0n) is 11.3. The van der Waals surface area contributed by atoms with Gasteiger partial charge in [0.15, 0.2) is 0 Å². The van der Waals surface area contributed by atoms with Crippen molar-refractivity contribution in [2.75, 3.05) is 30.9 Å². The quantitative estimate of drug-likeness (QED) is 0.841. The molecule has 1 fully saturated rings. The molecular weight excluding hydrogens is 262 g/mol. The molecule has 0 saturated carbocycles. The first-order chi connectivity index (χ1) is 9.15. The fourth-order valence-electron chi connectivity index (χ4n) is 2.33. The summed E-state index contributed by atoms with van der Waals surface area (Å²) >= 11 is 1.57. The van der Waals surface area contributed by atoms with Gasteiger partial charge in [-0.15, -0.1) is 11.8 Å². The number of carbonyl (C=O) groups is 1. The third kappa shape index (κ3) is 3.04. The Labute approximate surface area is 117 Å². The van der Waals surface area contributed by atoms with E-state index in [0.29, 0.717) is 12.2 Å². The Balaban J connectivity index is 2.37. The van der Waals surface area contributed by atoms with E-state index in [-0.39, 0.29) is 6.04 Å². The highest BCUT2D eigenvalue weighted by molar-refractivity contribution is 7.99. The molecule has 0 radical (unpaired) electrons. The molecule has 0 aromatic heterocycles. The number of carboxylic acids is 1. The van der Waals surface area contributed by atoms with Crippen molar-refractivity contribution in [3.05, 3.63) is 23.8 Å². The van der Waals surface area contributed by atoms with Crippen molar-refractivity contribution in [2.24, 2.45) is 0 Å². The summed E-state index contributed by atoms with van der Waals surface area (Å²) in [6.45, 7) is 3.44. The molecule has 0 amide bonds. The lowest BCUT2D eigenvalue weighted by Gasteiger charge is -2.27. The number of ether oxygens (including phenoxy) is 1. The van der Waals surface area contributed by atoms with Gasteiger partial charge in [0.2, 0.25) is 0 Å². The summed E-state index contributed by atoms with van der Waals surface area (Å²) in [6, 6.07) is 5.94. The van der Waals surface area contributed by atoms with Crippen molar-refractivity contribution in [3.63, 3.8) is 0 Å². The molecule has 2 rings (SSSR count). The molecule has 1 aliphatic heterocycles. The molecule has 5 heteroatoms. The molecule has 1 N–H and O–H groups in total. The van der Waals surface area contributed by atoms with E-state index in [1.807, 2.05) is 37.1 Å². The van der Waals surface area contributed by atoms with Crippen LogP contribution in [0.2, 0.25) is 0 Å². The highest BCUT2D eigenvalue weighted by Gasteiger charge is 2.25. The Bertz CT molecular complexity index is 458. The van der Waals surface area contributed by atoms with Crippen LogP contribution >= 0.6 is 11.8 Å². The van der Waals surface area contributed by atoms with E-state index in [0.717, 1.165) is 29.4 Å². The van der Waals surface area contributed by atoms with E-state index >= 15 is 0 Å². The summed E-state index contributed by atoms with van der Waals surface area (Å²) in [5.74, 6) is -0.00250. The summed E-state index contributed by atoms with van der Waals surface area (Å²) in [6.07, 6.45) is 0.945. The van der Waals surface area contributed by atoms with Gasteiger partial charge in [-0.2, -0.15) is 0 Å². The Kier molecular flexibility index (Phi) is 4.71. The van der Waals surface area contributed by atoms with E-state index < -0.39 is 5.97 Å². The van der Waals surface area contributed by atoms with Crippen LogP contribution in [0.15, 0.2) is 23.1 Å². The molecule has 104 valence electrons. The minimum atomic E-state index is -0.864. The molecule has 1 aromatic rings. The number of thioether (sulfide) groups is 1. The topological polar surface area (TPSA) is 49.8 Å². The normalized spacial score (nSPS) is 18.5. The maximum absolute atomic E-state index is 11.6. The van der Waals surface area contributed by atoms with E-state index in [1.165, 1.54) is 0 Å². The lowest BCUT2D eigenvalue weighted by molar-refractivity contribution is 0.0693. The average Bonchev–Trinajstić information content (AvgIpc) is 2.91. The van der Waals surface area contributed by atoms with Crippen molar-refractivity contribution in [1.82, 2.24) is 0 Å². The van der Waals surface area contributed by atoms with Gasteiger partial charge in [0, 0.05) is 18.6 Å². The molecule has 0 bridgehead atoms. The summed E-state index contributed by atoms with van der Waals surface area (Å²) in [7, 11) is 1.95. The van der Waals surface area contributed by atoms with Gasteiger partial charge in [0.1, 0.15) is 0 Å². The van der Waals surface area contributed by atoms with Gasteiger partial charge >= 0.3 is 5.97 Å². The van der Waals surface area contributed by atoms with Gasteiger partial charge in [0.05, 0.1) is 23.9 Å². The van der Waals surface area contributed by atoms with Crippen LogP contribution in [0.5, 0.6) is 0 Å². The molecule has 19 heavy (non-hydrogen) atoms. The number of anilines is 1. The van der Waals surface area contributed by atoms with Crippen LogP contribution in [0, 0.1) is 0 Å². The van der Waals surface area contributed by atoms with E-state index in [4.69, 9.17) is 4.74 Å². The lowest BCUT2D eigenvalue weighted by atomic mass is 10.1. The number of likely N-dealkylation sites (N-methyl/N-ethyl adjacent to an activating group) is 1. The van der Waals surface area contributed by atoms with Crippen LogP contribution in [0.25, 0.3) is 0 Å². The number of hydrogen-bond donors (Lipinski definition) is 1. The van der Waals surface area contributed by atoms with Crippen molar-refractivity contribution in [1.29, 1.82) is 0 Å². The number of benzene rings is 1. The second-order valence-electron chi connectivity index (χ2n) is 4.52. The molecular formula is C14H19NO3S. The van der Waals surface area contributed by atoms with Crippen molar-refractivity contribution in [3.8, 4) is 0 Å². The van der Waals surface area contributed by atoms with Crippen LogP contribution in [0.4, 0.5) is 5.69 Å². The van der Waals surface area contributed by atoms with Gasteiger partial charge in [-0.25, -0.2) is 4.79 Å². The lowest BCUT2D eigenvalue weighted by Crippen LogP contribution is -2.33. The van der Waals surface area contributed by atoms with Gasteiger partial charge in [-0.3, -0.25) is 0 Å². The van der Waals surface area contributed by atoms with Crippen LogP contribution < -0.4 is 4.90 Å². The average molecular weight is 281 g/mol. The standard InChI is InChI=1S/C14H19NO3S/c1-3-19-12-6-4-5-11(13(12)14(16)17)15(2)10-7-8-18-9-10/h4-6,10H,3,7-9H2,1-2H3,(H,16,17). The Hall–Kier alpha value is -1.20. The fraction of sp³-hybridized carbons (Fsp3) is 0.500. The third-order valence-electron chi connectivity index (χ3n) is 3.35. The molecule has 1 atom stereocenters. The second kappa shape index (κ2) is 6.30. The van der Waals surface area contributed by atoms with Gasteiger partial charge in [0.25, 0.3) is 0 Å². The van der Waals surface area contributed by atoms with Crippen molar-refractivity contribution < 1.29 is 14.6 Å². The first-order valence-electron chi connectivity index (χ1n) is 6.44. The Morgan fingerprint density at radius 1 is 1.58 bits per heavy atom. The van der Waals surface area contributed by atoms with E-state index in [1.54, 1.807) is 11.8 Å². The maximum Gasteiger partial charge on any atom is 0.338 e. The summed E-state index contributed by atoms with van der Waals surface area (Å²) in [5, 5.41) is 9.49. The molecule has 4 nitrogen and oxygen atoms in total. The second-order valence-corrected chi connectivity index (χ2v) is 5.82. The Morgan fingerprint density at radius 3 is 2.95 bits per heavy atom. The molecule has 0 spiro atoms. The number of nitrogens with zero attached hydrogens (tertiary/aromatic N) is 1. The molecule has 1 unspecified atom stereocenters. The largest absolute Gasteiger partial charge is 0.478 e. The first-order valence-corrected chi connectivity index (χ1v) is 7.43. The zero-order valence-corrected chi connectivity index (χ0v) is 12.1. The van der Waals surface area contributed by atoms with Crippen LogP contribution in [-0.2, 0) is 4.74 Å². The number of hydrogen-bond acceptors (Lipinski definition) is 4. The molecule has 0 aliphatic carbocycles. The van der Waals surface area contributed by atoms with Gasteiger partial charge in [-0.05, 0) is 24.3 Å². The SMILES string of the molecule is CCSc1cccc(N(C)C2CCOC2)c1C(=O)O. The molecule has 1 aromatic carbocycles. The van der Waals surface area contributed by atoms with Gasteiger partial charge in [-0.1, -0.05) is 13.0 Å². The number of rotatable bonds is 5. The fourth-order valence-corrected chi connectivity index (χ4v) is 3.15. The van der Waals surface area contributed by atoms with Crippen molar-refractivity contribution in [2.45, 2.75) is 24.3 Å². The Morgan fingerprint density at radius 2 is 2.37 bits per heavy atom. The minimum Gasteiger partial charge on any atom is -0.478 e. The van der Waals surface area contributed by atoms with E-state index in [2.05, 4.69) is 0 Å².